The summed E-state index contributed by atoms with van der Waals surface area (Å²) in [5, 5.41) is 0. The molecule has 0 amide bonds. The van der Waals surface area contributed by atoms with Crippen molar-refractivity contribution in [2.45, 2.75) is 6.54 Å². The first-order valence-electron chi connectivity index (χ1n) is 5.71. The van der Waals surface area contributed by atoms with Crippen LogP contribution in [0.1, 0.15) is 5.56 Å². The number of nitrogens with zero attached hydrogens (tertiary/aromatic N) is 1. The maximum absolute atomic E-state index is 11.7. The zero-order chi connectivity index (χ0) is 13.8. The second-order valence-electron chi connectivity index (χ2n) is 3.97. The highest BCUT2D eigenvalue weighted by molar-refractivity contribution is 9.10. The largest absolute Gasteiger partial charge is 0.496 e. The monoisotopic (exact) mass is 323 g/mol. The molecule has 0 unspecified atom stereocenters. The van der Waals surface area contributed by atoms with E-state index in [0.29, 0.717) is 18.0 Å². The fraction of sp³-hybridized carbons (Fsp3) is 0.214. The first-order chi connectivity index (χ1) is 9.15. The molecule has 0 aliphatic heterocycles. The Kier molecular flexibility index (Phi) is 4.27. The summed E-state index contributed by atoms with van der Waals surface area (Å²) in [4.78, 5) is 11.7. The van der Waals surface area contributed by atoms with Crippen molar-refractivity contribution >= 4 is 15.9 Å². The molecule has 0 aliphatic rings. The van der Waals surface area contributed by atoms with Crippen LogP contribution in [0.5, 0.6) is 11.5 Å². The third-order valence-corrected chi connectivity index (χ3v) is 3.41. The van der Waals surface area contributed by atoms with Gasteiger partial charge in [-0.1, -0.05) is 6.07 Å². The zero-order valence-electron chi connectivity index (χ0n) is 10.7. The molecule has 1 heterocycles. The molecule has 0 fully saturated rings. The second-order valence-corrected chi connectivity index (χ2v) is 4.82. The van der Waals surface area contributed by atoms with Gasteiger partial charge in [-0.05, 0) is 34.1 Å². The standard InChI is InChI=1S/C14H14BrNO3/c1-18-12-8-11(15)13(19-2)7-10(12)9-16-6-4-3-5-14(16)17/h3-8H,9H2,1-2H3. The molecular formula is C14H14BrNO3. The fourth-order valence-electron chi connectivity index (χ4n) is 1.82. The Labute approximate surface area is 119 Å². The third-order valence-electron chi connectivity index (χ3n) is 2.79. The normalized spacial score (nSPS) is 10.3. The van der Waals surface area contributed by atoms with E-state index in [1.54, 1.807) is 31.0 Å². The van der Waals surface area contributed by atoms with Gasteiger partial charge in [-0.2, -0.15) is 0 Å². The molecule has 0 saturated heterocycles. The van der Waals surface area contributed by atoms with Crippen molar-refractivity contribution in [3.63, 3.8) is 0 Å². The molecule has 0 saturated carbocycles. The minimum absolute atomic E-state index is 0.0496. The highest BCUT2D eigenvalue weighted by atomic mass is 79.9. The summed E-state index contributed by atoms with van der Waals surface area (Å²) in [6.07, 6.45) is 1.75. The van der Waals surface area contributed by atoms with E-state index in [1.807, 2.05) is 18.2 Å². The molecule has 0 N–H and O–H groups in total. The smallest absolute Gasteiger partial charge is 0.250 e. The SMILES string of the molecule is COc1cc(Cn2ccccc2=O)c(OC)cc1Br. The highest BCUT2D eigenvalue weighted by Gasteiger charge is 2.10. The fourth-order valence-corrected chi connectivity index (χ4v) is 2.31. The number of halogens is 1. The minimum Gasteiger partial charge on any atom is -0.496 e. The van der Waals surface area contributed by atoms with Gasteiger partial charge < -0.3 is 14.0 Å². The predicted molar refractivity (Wildman–Crippen MR) is 77.1 cm³/mol. The highest BCUT2D eigenvalue weighted by Crippen LogP contribution is 2.32. The number of aromatic nitrogens is 1. The van der Waals surface area contributed by atoms with Crippen LogP contribution in [0, 0.1) is 0 Å². The predicted octanol–water partition coefficient (Wildman–Crippen LogP) is 2.68. The summed E-state index contributed by atoms with van der Waals surface area (Å²) < 4.78 is 13.0. The van der Waals surface area contributed by atoms with Gasteiger partial charge >= 0.3 is 0 Å². The van der Waals surface area contributed by atoms with Gasteiger partial charge in [0.15, 0.2) is 0 Å². The van der Waals surface area contributed by atoms with Crippen LogP contribution in [0.15, 0.2) is 45.8 Å². The molecule has 100 valence electrons. The van der Waals surface area contributed by atoms with Crippen LogP contribution < -0.4 is 15.0 Å². The Hall–Kier alpha value is -1.75. The second kappa shape index (κ2) is 5.93. The summed E-state index contributed by atoms with van der Waals surface area (Å²) in [5.41, 5.74) is 0.835. The Bertz CT molecular complexity index is 637. The minimum atomic E-state index is -0.0496. The Morgan fingerprint density at radius 3 is 2.53 bits per heavy atom. The van der Waals surface area contributed by atoms with Crippen LogP contribution in [-0.4, -0.2) is 18.8 Å². The van der Waals surface area contributed by atoms with E-state index in [1.165, 1.54) is 6.07 Å². The Balaban J connectivity index is 2.44. The average molecular weight is 324 g/mol. The van der Waals surface area contributed by atoms with Crippen molar-refractivity contribution in [2.75, 3.05) is 14.2 Å². The van der Waals surface area contributed by atoms with Crippen molar-refractivity contribution in [1.82, 2.24) is 4.57 Å². The lowest BCUT2D eigenvalue weighted by Gasteiger charge is -2.13. The van der Waals surface area contributed by atoms with Gasteiger partial charge in [0.2, 0.25) is 0 Å². The number of methoxy groups -OCH3 is 2. The van der Waals surface area contributed by atoms with Gasteiger partial charge in [-0.15, -0.1) is 0 Å². The molecule has 0 atom stereocenters. The molecule has 0 radical (unpaired) electrons. The lowest BCUT2D eigenvalue weighted by Crippen LogP contribution is -2.18. The van der Waals surface area contributed by atoms with Crippen LogP contribution in [0.4, 0.5) is 0 Å². The molecule has 2 rings (SSSR count). The zero-order valence-corrected chi connectivity index (χ0v) is 12.3. The number of benzene rings is 1. The van der Waals surface area contributed by atoms with Crippen molar-refractivity contribution in [3.05, 3.63) is 56.9 Å². The van der Waals surface area contributed by atoms with Gasteiger partial charge in [0.05, 0.1) is 25.2 Å². The van der Waals surface area contributed by atoms with Crippen molar-refractivity contribution in [1.29, 1.82) is 0 Å². The quantitative estimate of drug-likeness (QED) is 0.868. The molecular weight excluding hydrogens is 310 g/mol. The molecule has 4 nitrogen and oxygen atoms in total. The van der Waals surface area contributed by atoms with E-state index in [0.717, 1.165) is 10.0 Å². The van der Waals surface area contributed by atoms with E-state index in [-0.39, 0.29) is 5.56 Å². The van der Waals surface area contributed by atoms with Crippen LogP contribution in [0.25, 0.3) is 0 Å². The maximum atomic E-state index is 11.7. The van der Waals surface area contributed by atoms with E-state index in [2.05, 4.69) is 15.9 Å². The van der Waals surface area contributed by atoms with Gasteiger partial charge in [0.25, 0.3) is 5.56 Å². The topological polar surface area (TPSA) is 40.5 Å². The van der Waals surface area contributed by atoms with E-state index >= 15 is 0 Å². The number of pyridine rings is 1. The molecule has 1 aromatic heterocycles. The molecule has 2 aromatic rings. The van der Waals surface area contributed by atoms with Gasteiger partial charge in [0, 0.05) is 17.8 Å². The van der Waals surface area contributed by atoms with Crippen molar-refractivity contribution in [2.24, 2.45) is 0 Å². The number of rotatable bonds is 4. The number of ether oxygens (including phenoxy) is 2. The van der Waals surface area contributed by atoms with E-state index in [4.69, 9.17) is 9.47 Å². The van der Waals surface area contributed by atoms with Gasteiger partial charge in [0.1, 0.15) is 11.5 Å². The molecule has 5 heteroatoms. The summed E-state index contributed by atoms with van der Waals surface area (Å²) in [6, 6.07) is 8.77. The molecule has 0 bridgehead atoms. The third kappa shape index (κ3) is 2.98. The van der Waals surface area contributed by atoms with Crippen molar-refractivity contribution < 1.29 is 9.47 Å². The van der Waals surface area contributed by atoms with E-state index in [9.17, 15) is 4.79 Å². The Morgan fingerprint density at radius 1 is 1.16 bits per heavy atom. The van der Waals surface area contributed by atoms with Crippen LogP contribution in [0.3, 0.4) is 0 Å². The Morgan fingerprint density at radius 2 is 1.89 bits per heavy atom. The summed E-state index contributed by atoms with van der Waals surface area (Å²) >= 11 is 3.41. The lowest BCUT2D eigenvalue weighted by atomic mass is 10.2. The number of hydrogen-bond acceptors (Lipinski definition) is 3. The van der Waals surface area contributed by atoms with Crippen LogP contribution in [-0.2, 0) is 6.54 Å². The average Bonchev–Trinajstić information content (AvgIpc) is 2.42. The summed E-state index contributed by atoms with van der Waals surface area (Å²) in [5.74, 6) is 1.42. The van der Waals surface area contributed by atoms with Gasteiger partial charge in [-0.3, -0.25) is 4.79 Å². The molecule has 0 spiro atoms. The summed E-state index contributed by atoms with van der Waals surface area (Å²) in [7, 11) is 3.20. The van der Waals surface area contributed by atoms with E-state index < -0.39 is 0 Å². The molecule has 1 aromatic carbocycles. The van der Waals surface area contributed by atoms with Crippen LogP contribution >= 0.6 is 15.9 Å². The molecule has 19 heavy (non-hydrogen) atoms. The first kappa shape index (κ1) is 13.7. The summed E-state index contributed by atoms with van der Waals surface area (Å²) in [6.45, 7) is 0.437. The maximum Gasteiger partial charge on any atom is 0.250 e. The number of hydrogen-bond donors (Lipinski definition) is 0. The molecule has 0 aliphatic carbocycles. The van der Waals surface area contributed by atoms with Crippen molar-refractivity contribution in [3.8, 4) is 11.5 Å². The first-order valence-corrected chi connectivity index (χ1v) is 6.51. The lowest BCUT2D eigenvalue weighted by molar-refractivity contribution is 0.395. The van der Waals surface area contributed by atoms with Crippen LogP contribution in [0.2, 0.25) is 0 Å². The van der Waals surface area contributed by atoms with Gasteiger partial charge in [-0.25, -0.2) is 0 Å².